The fraction of sp³-hybridized carbons (Fsp3) is 0.364. The summed E-state index contributed by atoms with van der Waals surface area (Å²) in [4.78, 5) is 0. The molecule has 5 nitrogen and oxygen atoms in total. The van der Waals surface area contributed by atoms with Crippen LogP contribution in [-0.2, 0) is 0 Å². The molecule has 1 aliphatic heterocycles. The summed E-state index contributed by atoms with van der Waals surface area (Å²) in [5.74, 6) is 1.37. The van der Waals surface area contributed by atoms with E-state index in [4.69, 9.17) is 11.1 Å². The number of hydrogen-bond donors (Lipinski definition) is 4. The lowest BCUT2D eigenvalue weighted by atomic mass is 9.67. The number of halogens is 1. The molecule has 0 saturated heterocycles. The van der Waals surface area contributed by atoms with E-state index in [9.17, 15) is 4.39 Å². The van der Waals surface area contributed by atoms with Crippen molar-refractivity contribution < 1.29 is 4.39 Å². The zero-order valence-corrected chi connectivity index (χ0v) is 15.4. The summed E-state index contributed by atoms with van der Waals surface area (Å²) in [5.41, 5.74) is 11.1. The number of aromatic nitrogens is 2. The van der Waals surface area contributed by atoms with Gasteiger partial charge in [-0.2, -0.15) is 9.49 Å². The number of nitrogens with one attached hydrogen (secondary N) is 3. The van der Waals surface area contributed by atoms with Gasteiger partial charge in [-0.15, -0.1) is 0 Å². The summed E-state index contributed by atoms with van der Waals surface area (Å²) in [6.45, 7) is 0. The third kappa shape index (κ3) is 2.06. The van der Waals surface area contributed by atoms with E-state index in [0.717, 1.165) is 16.8 Å². The molecule has 5 atom stereocenters. The van der Waals surface area contributed by atoms with Crippen molar-refractivity contribution in [1.29, 1.82) is 5.41 Å². The normalized spacial score (nSPS) is 30.1. The molecule has 3 aromatic rings. The summed E-state index contributed by atoms with van der Waals surface area (Å²) >= 11 is 0. The van der Waals surface area contributed by atoms with E-state index in [1.807, 2.05) is 12.3 Å². The molecule has 2 aromatic carbocycles. The predicted molar refractivity (Wildman–Crippen MR) is 108 cm³/mol. The lowest BCUT2D eigenvalue weighted by molar-refractivity contribution is 0.249. The van der Waals surface area contributed by atoms with Crippen molar-refractivity contribution in [3.8, 4) is 0 Å². The summed E-state index contributed by atoms with van der Waals surface area (Å²) in [6.07, 6.45) is 5.77. The second kappa shape index (κ2) is 5.56. The van der Waals surface area contributed by atoms with Crippen LogP contribution in [0.1, 0.15) is 47.9 Å². The van der Waals surface area contributed by atoms with Gasteiger partial charge in [0.15, 0.2) is 0 Å². The number of hydrogen-bond acceptors (Lipinski definition) is 4. The minimum absolute atomic E-state index is 0.107. The van der Waals surface area contributed by atoms with Crippen molar-refractivity contribution in [2.45, 2.75) is 31.2 Å². The Labute approximate surface area is 162 Å². The highest BCUT2D eigenvalue weighted by atomic mass is 19.1. The van der Waals surface area contributed by atoms with Crippen LogP contribution in [0.3, 0.4) is 0 Å². The molecule has 142 valence electrons. The maximum Gasteiger partial charge on any atom is 0.214 e. The molecule has 2 saturated carbocycles. The van der Waals surface area contributed by atoms with E-state index in [1.165, 1.54) is 30.2 Å². The van der Waals surface area contributed by atoms with Gasteiger partial charge in [-0.25, -0.2) is 0 Å². The van der Waals surface area contributed by atoms with Crippen molar-refractivity contribution in [3.63, 3.8) is 0 Å². The summed E-state index contributed by atoms with van der Waals surface area (Å²) in [5, 5.41) is 19.8. The summed E-state index contributed by atoms with van der Waals surface area (Å²) in [6, 6.07) is 9.81. The highest BCUT2D eigenvalue weighted by Crippen LogP contribution is 2.64. The third-order valence-electron chi connectivity index (χ3n) is 7.35. The van der Waals surface area contributed by atoms with E-state index < -0.39 is 5.97 Å². The molecule has 0 spiro atoms. The van der Waals surface area contributed by atoms with Crippen LogP contribution in [0.4, 0.5) is 15.8 Å². The Morgan fingerprint density at radius 1 is 1.18 bits per heavy atom. The maximum absolute atomic E-state index is 13.7. The molecular formula is C22H22FN5. The largest absolute Gasteiger partial charge is 0.398 e. The monoisotopic (exact) mass is 375 g/mol. The molecule has 6 rings (SSSR count). The fourth-order valence-corrected chi connectivity index (χ4v) is 6.29. The van der Waals surface area contributed by atoms with Gasteiger partial charge in [-0.1, -0.05) is 6.07 Å². The molecule has 6 heteroatoms. The molecule has 2 aliphatic carbocycles. The number of H-pyrrole nitrogens is 1. The molecule has 28 heavy (non-hydrogen) atoms. The van der Waals surface area contributed by atoms with Gasteiger partial charge in [-0.05, 0) is 78.3 Å². The van der Waals surface area contributed by atoms with Crippen molar-refractivity contribution in [1.82, 2.24) is 10.2 Å². The first kappa shape index (κ1) is 16.1. The molecule has 2 bridgehead atoms. The number of rotatable bonds is 2. The third-order valence-corrected chi connectivity index (χ3v) is 7.35. The number of nitrogens with two attached hydrogens (primary N) is 1. The number of benzene rings is 2. The minimum Gasteiger partial charge on any atom is -0.398 e. The van der Waals surface area contributed by atoms with Gasteiger partial charge >= 0.3 is 0 Å². The van der Waals surface area contributed by atoms with Gasteiger partial charge in [0.25, 0.3) is 0 Å². The van der Waals surface area contributed by atoms with Crippen LogP contribution in [0.2, 0.25) is 0 Å². The van der Waals surface area contributed by atoms with E-state index in [-0.39, 0.29) is 11.6 Å². The molecule has 5 N–H and O–H groups in total. The Morgan fingerprint density at radius 3 is 2.89 bits per heavy atom. The molecule has 2 fully saturated rings. The number of nitrogen functional groups attached to an aromatic ring is 1. The van der Waals surface area contributed by atoms with Crippen LogP contribution in [0.25, 0.3) is 10.9 Å². The predicted octanol–water partition coefficient (Wildman–Crippen LogP) is 4.74. The Morgan fingerprint density at radius 2 is 2.04 bits per heavy atom. The second-order valence-corrected chi connectivity index (χ2v) is 8.58. The molecular weight excluding hydrogens is 353 g/mol. The quantitative estimate of drug-likeness (QED) is 0.385. The number of fused-ring (bicyclic) bond motifs is 9. The average Bonchev–Trinajstić information content (AvgIpc) is 3.43. The van der Waals surface area contributed by atoms with Crippen molar-refractivity contribution in [2.24, 2.45) is 17.8 Å². The Hall–Kier alpha value is -2.89. The first-order valence-corrected chi connectivity index (χ1v) is 9.98. The van der Waals surface area contributed by atoms with E-state index in [1.54, 1.807) is 12.1 Å². The van der Waals surface area contributed by atoms with Crippen molar-refractivity contribution >= 4 is 28.2 Å². The van der Waals surface area contributed by atoms with Crippen LogP contribution in [0.5, 0.6) is 0 Å². The smallest absolute Gasteiger partial charge is 0.214 e. The van der Waals surface area contributed by atoms with E-state index in [2.05, 4.69) is 27.6 Å². The van der Waals surface area contributed by atoms with Crippen LogP contribution in [-0.4, -0.2) is 16.2 Å². The first-order chi connectivity index (χ1) is 13.6. The van der Waals surface area contributed by atoms with E-state index in [0.29, 0.717) is 29.4 Å². The lowest BCUT2D eigenvalue weighted by Crippen LogP contribution is -2.35. The topological polar surface area (TPSA) is 90.6 Å². The van der Waals surface area contributed by atoms with Crippen LogP contribution in [0.15, 0.2) is 36.5 Å². The van der Waals surface area contributed by atoms with Crippen LogP contribution >= 0.6 is 0 Å². The Kier molecular flexibility index (Phi) is 3.20. The summed E-state index contributed by atoms with van der Waals surface area (Å²) in [7, 11) is 0. The highest BCUT2D eigenvalue weighted by molar-refractivity contribution is 5.96. The van der Waals surface area contributed by atoms with Gasteiger partial charge in [-0.3, -0.25) is 10.5 Å². The average molecular weight is 375 g/mol. The van der Waals surface area contributed by atoms with Gasteiger partial charge in [0.2, 0.25) is 5.97 Å². The molecule has 1 aromatic heterocycles. The van der Waals surface area contributed by atoms with Gasteiger partial charge in [0.1, 0.15) is 0 Å². The number of anilines is 2. The molecule has 0 amide bonds. The Bertz CT molecular complexity index is 1120. The zero-order valence-electron chi connectivity index (χ0n) is 15.4. The van der Waals surface area contributed by atoms with Gasteiger partial charge in [0.05, 0.1) is 23.3 Å². The minimum atomic E-state index is -0.972. The number of nitrogens with zero attached hydrogens (tertiary/aromatic N) is 1. The lowest BCUT2D eigenvalue weighted by Gasteiger charge is -2.44. The standard InChI is InChI=1S/C22H22FN5/c23-22(25)13-8-12(3-4-15(13)24)21-19-11-2-1-10(7-11)18(19)20-14-9-26-28-16(14)5-6-17(20)27-21/h3-6,8-11,18-19,21,25,27H,1-2,7,24H2,(H,26,28)/t10?,11?,18?,19-,21+/m1/s1. The van der Waals surface area contributed by atoms with Crippen molar-refractivity contribution in [2.75, 3.05) is 11.1 Å². The van der Waals surface area contributed by atoms with E-state index >= 15 is 0 Å². The highest BCUT2D eigenvalue weighted by Gasteiger charge is 2.54. The van der Waals surface area contributed by atoms with Gasteiger partial charge < -0.3 is 11.1 Å². The SMILES string of the molecule is N=C(F)c1cc([C@@H]2Nc3ccc4[nH]ncc4c3C3C4CCC(C4)[C@H]32)ccc1N. The number of aromatic amines is 1. The van der Waals surface area contributed by atoms with Crippen LogP contribution in [0, 0.1) is 23.2 Å². The van der Waals surface area contributed by atoms with Crippen LogP contribution < -0.4 is 11.1 Å². The zero-order chi connectivity index (χ0) is 19.0. The molecule has 0 radical (unpaired) electrons. The maximum atomic E-state index is 13.7. The van der Waals surface area contributed by atoms with Gasteiger partial charge in [0, 0.05) is 16.8 Å². The molecule has 3 aliphatic rings. The summed E-state index contributed by atoms with van der Waals surface area (Å²) < 4.78 is 13.7. The Balaban J connectivity index is 1.53. The second-order valence-electron chi connectivity index (χ2n) is 8.58. The first-order valence-electron chi connectivity index (χ1n) is 9.98. The van der Waals surface area contributed by atoms with Crippen molar-refractivity contribution in [3.05, 3.63) is 53.2 Å². The molecule has 3 unspecified atom stereocenters. The fourth-order valence-electron chi connectivity index (χ4n) is 6.29. The molecule has 2 heterocycles.